The molecule has 14 heavy (non-hydrogen) atoms. The molecule has 0 radical (unpaired) electrons. The highest BCUT2D eigenvalue weighted by molar-refractivity contribution is 7.89. The zero-order valence-electron chi connectivity index (χ0n) is 9.03. The van der Waals surface area contributed by atoms with Gasteiger partial charge in [0, 0.05) is 13.2 Å². The zero-order chi connectivity index (χ0) is 11.0. The Kier molecular flexibility index (Phi) is 7.13. The summed E-state index contributed by atoms with van der Waals surface area (Å²) in [6.45, 7) is 5.68. The fourth-order valence-electron chi connectivity index (χ4n) is 1.00. The van der Waals surface area contributed by atoms with Crippen molar-refractivity contribution in [2.75, 3.05) is 19.0 Å². The molecule has 86 valence electrons. The maximum atomic E-state index is 10.6. The summed E-state index contributed by atoms with van der Waals surface area (Å²) in [5, 5.41) is 4.86. The van der Waals surface area contributed by atoms with Crippen LogP contribution in [0.25, 0.3) is 0 Å². The summed E-state index contributed by atoms with van der Waals surface area (Å²) in [6, 6.07) is 0. The van der Waals surface area contributed by atoms with Gasteiger partial charge in [-0.2, -0.15) is 0 Å². The van der Waals surface area contributed by atoms with Crippen LogP contribution in [0.4, 0.5) is 0 Å². The first kappa shape index (κ1) is 13.9. The molecule has 0 saturated heterocycles. The monoisotopic (exact) mass is 223 g/mol. The molecule has 0 rings (SSSR count). The van der Waals surface area contributed by atoms with Crippen LogP contribution in [-0.4, -0.2) is 27.4 Å². The fraction of sp³-hybridized carbons (Fsp3) is 1.00. The third-order valence-electron chi connectivity index (χ3n) is 1.67. The van der Waals surface area contributed by atoms with Crippen molar-refractivity contribution in [2.24, 2.45) is 11.1 Å². The van der Waals surface area contributed by atoms with Gasteiger partial charge in [-0.3, -0.25) is 0 Å². The van der Waals surface area contributed by atoms with Crippen molar-refractivity contribution in [3.63, 3.8) is 0 Å². The lowest BCUT2D eigenvalue weighted by atomic mass is 10.2. The van der Waals surface area contributed by atoms with Crippen LogP contribution in [0.15, 0.2) is 0 Å². The van der Waals surface area contributed by atoms with Crippen LogP contribution in [-0.2, 0) is 14.8 Å². The van der Waals surface area contributed by atoms with Crippen molar-refractivity contribution in [2.45, 2.75) is 33.1 Å². The molecule has 0 aliphatic carbocycles. The second kappa shape index (κ2) is 7.20. The van der Waals surface area contributed by atoms with Gasteiger partial charge in [-0.25, -0.2) is 13.6 Å². The van der Waals surface area contributed by atoms with Crippen LogP contribution in [0.2, 0.25) is 0 Å². The predicted octanol–water partition coefficient (Wildman–Crippen LogP) is 1.12. The van der Waals surface area contributed by atoms with Crippen molar-refractivity contribution in [3.8, 4) is 0 Å². The van der Waals surface area contributed by atoms with Crippen LogP contribution in [0.5, 0.6) is 0 Å². The number of hydrogen-bond donors (Lipinski definition) is 1. The average Bonchev–Trinajstić information content (AvgIpc) is 2.00. The standard InChI is InChI=1S/C9H21NO3S/c1-9(2)8-13-6-4-3-5-7-14(10,11)12/h9H,3-8H2,1-2H3,(H2,10,11,12). The van der Waals surface area contributed by atoms with E-state index in [2.05, 4.69) is 13.8 Å². The van der Waals surface area contributed by atoms with E-state index in [1.165, 1.54) is 0 Å². The molecule has 0 aliphatic rings. The summed E-state index contributed by atoms with van der Waals surface area (Å²) in [6.07, 6.45) is 2.39. The Morgan fingerprint density at radius 1 is 1.21 bits per heavy atom. The maximum Gasteiger partial charge on any atom is 0.209 e. The van der Waals surface area contributed by atoms with Gasteiger partial charge in [0.05, 0.1) is 5.75 Å². The van der Waals surface area contributed by atoms with E-state index in [0.29, 0.717) is 18.9 Å². The molecule has 0 saturated carbocycles. The quantitative estimate of drug-likeness (QED) is 0.627. The summed E-state index contributed by atoms with van der Waals surface area (Å²) in [5.74, 6) is 0.636. The number of sulfonamides is 1. The third kappa shape index (κ3) is 11.9. The maximum absolute atomic E-state index is 10.6. The third-order valence-corrected chi connectivity index (χ3v) is 2.53. The van der Waals surface area contributed by atoms with E-state index in [1.807, 2.05) is 0 Å². The largest absolute Gasteiger partial charge is 0.381 e. The van der Waals surface area contributed by atoms with Crippen molar-refractivity contribution in [1.82, 2.24) is 0 Å². The predicted molar refractivity (Wildman–Crippen MR) is 57.5 cm³/mol. The van der Waals surface area contributed by atoms with Gasteiger partial charge in [0.2, 0.25) is 10.0 Å². The minimum absolute atomic E-state index is 0.0805. The van der Waals surface area contributed by atoms with Gasteiger partial charge in [0.15, 0.2) is 0 Å². The Bertz CT molecular complexity index is 224. The summed E-state index contributed by atoms with van der Waals surface area (Å²) in [5.41, 5.74) is 0. The fourth-order valence-corrected chi connectivity index (χ4v) is 1.61. The number of primary sulfonamides is 1. The van der Waals surface area contributed by atoms with E-state index in [9.17, 15) is 8.42 Å². The summed E-state index contributed by atoms with van der Waals surface area (Å²) in [7, 11) is -3.27. The average molecular weight is 223 g/mol. The van der Waals surface area contributed by atoms with Gasteiger partial charge >= 0.3 is 0 Å². The van der Waals surface area contributed by atoms with Gasteiger partial charge in [-0.1, -0.05) is 20.3 Å². The number of rotatable bonds is 8. The van der Waals surface area contributed by atoms with Crippen molar-refractivity contribution in [1.29, 1.82) is 0 Å². The minimum Gasteiger partial charge on any atom is -0.381 e. The molecule has 2 N–H and O–H groups in total. The van der Waals surface area contributed by atoms with Crippen molar-refractivity contribution in [3.05, 3.63) is 0 Å². The van der Waals surface area contributed by atoms with Gasteiger partial charge in [-0.15, -0.1) is 0 Å². The lowest BCUT2D eigenvalue weighted by Crippen LogP contribution is -2.16. The summed E-state index contributed by atoms with van der Waals surface area (Å²) >= 11 is 0. The Labute approximate surface area is 86.9 Å². The van der Waals surface area contributed by atoms with E-state index < -0.39 is 10.0 Å². The molecule has 0 spiro atoms. The van der Waals surface area contributed by atoms with Gasteiger partial charge in [0.25, 0.3) is 0 Å². The Hall–Kier alpha value is -0.130. The first-order valence-electron chi connectivity index (χ1n) is 5.00. The highest BCUT2D eigenvalue weighted by Gasteiger charge is 2.01. The molecule has 0 aliphatic heterocycles. The molecule has 0 aromatic rings. The normalized spacial score (nSPS) is 12.3. The second-order valence-corrected chi connectivity index (χ2v) is 5.63. The lowest BCUT2D eigenvalue weighted by molar-refractivity contribution is 0.106. The molecule has 0 atom stereocenters. The van der Waals surface area contributed by atoms with Crippen molar-refractivity contribution < 1.29 is 13.2 Å². The Morgan fingerprint density at radius 3 is 2.36 bits per heavy atom. The van der Waals surface area contributed by atoms with E-state index in [0.717, 1.165) is 19.4 Å². The van der Waals surface area contributed by atoms with E-state index in [-0.39, 0.29) is 5.75 Å². The summed E-state index contributed by atoms with van der Waals surface area (Å²) < 4.78 is 26.5. The Balaban J connectivity index is 3.15. The van der Waals surface area contributed by atoms with Crippen LogP contribution in [0.3, 0.4) is 0 Å². The van der Waals surface area contributed by atoms with Crippen LogP contribution in [0, 0.1) is 5.92 Å². The smallest absolute Gasteiger partial charge is 0.209 e. The topological polar surface area (TPSA) is 69.4 Å². The molecule has 0 amide bonds. The van der Waals surface area contributed by atoms with E-state index in [4.69, 9.17) is 9.88 Å². The first-order chi connectivity index (χ1) is 6.42. The summed E-state index contributed by atoms with van der Waals surface area (Å²) in [4.78, 5) is 0. The van der Waals surface area contributed by atoms with Crippen LogP contribution in [0.1, 0.15) is 33.1 Å². The second-order valence-electron chi connectivity index (χ2n) is 3.90. The molecule has 0 aromatic heterocycles. The molecule has 0 heterocycles. The first-order valence-corrected chi connectivity index (χ1v) is 6.71. The van der Waals surface area contributed by atoms with Gasteiger partial charge < -0.3 is 4.74 Å². The molecule has 0 unspecified atom stereocenters. The van der Waals surface area contributed by atoms with Crippen LogP contribution >= 0.6 is 0 Å². The molecular weight excluding hydrogens is 202 g/mol. The number of hydrogen-bond acceptors (Lipinski definition) is 3. The van der Waals surface area contributed by atoms with Gasteiger partial charge in [-0.05, 0) is 18.8 Å². The minimum atomic E-state index is -3.27. The molecular formula is C9H21NO3S. The zero-order valence-corrected chi connectivity index (χ0v) is 9.85. The van der Waals surface area contributed by atoms with E-state index >= 15 is 0 Å². The number of ether oxygens (including phenoxy) is 1. The molecule has 0 aromatic carbocycles. The molecule has 0 fully saturated rings. The highest BCUT2D eigenvalue weighted by atomic mass is 32.2. The number of nitrogens with two attached hydrogens (primary N) is 1. The highest BCUT2D eigenvalue weighted by Crippen LogP contribution is 1.99. The molecule has 0 bridgehead atoms. The number of unbranched alkanes of at least 4 members (excludes halogenated alkanes) is 2. The van der Waals surface area contributed by atoms with E-state index in [1.54, 1.807) is 0 Å². The molecule has 5 heteroatoms. The van der Waals surface area contributed by atoms with Gasteiger partial charge in [0.1, 0.15) is 0 Å². The Morgan fingerprint density at radius 2 is 1.86 bits per heavy atom. The van der Waals surface area contributed by atoms with Crippen molar-refractivity contribution >= 4 is 10.0 Å². The SMILES string of the molecule is CC(C)COCCCCCS(N)(=O)=O. The van der Waals surface area contributed by atoms with Crippen LogP contribution < -0.4 is 5.14 Å². The molecule has 4 nitrogen and oxygen atoms in total. The lowest BCUT2D eigenvalue weighted by Gasteiger charge is -2.05.